The molecule has 0 aromatic heterocycles. The van der Waals surface area contributed by atoms with Gasteiger partial charge in [-0.3, -0.25) is 0 Å². The Morgan fingerprint density at radius 3 is 2.75 bits per heavy atom. The van der Waals surface area contributed by atoms with Crippen molar-refractivity contribution >= 4 is 11.8 Å². The Bertz CT molecular complexity index is 474. The van der Waals surface area contributed by atoms with Crippen molar-refractivity contribution in [1.29, 1.82) is 0 Å². The van der Waals surface area contributed by atoms with Gasteiger partial charge in [-0.15, -0.1) is 0 Å². The van der Waals surface area contributed by atoms with Crippen LogP contribution in [0.1, 0.15) is 57.2 Å². The molecule has 0 radical (unpaired) electrons. The number of rotatable bonds is 3. The summed E-state index contributed by atoms with van der Waals surface area (Å²) < 4.78 is 0.447. The van der Waals surface area contributed by atoms with Crippen LogP contribution in [0.5, 0.6) is 0 Å². The summed E-state index contributed by atoms with van der Waals surface area (Å²) in [5, 5.41) is 3.93. The molecule has 0 spiro atoms. The van der Waals surface area contributed by atoms with Crippen LogP contribution in [0.2, 0.25) is 0 Å². The highest BCUT2D eigenvalue weighted by Crippen LogP contribution is 2.44. The first-order valence-electron chi connectivity index (χ1n) is 7.95. The molecule has 1 nitrogen and oxygen atoms in total. The zero-order valence-electron chi connectivity index (χ0n) is 13.0. The predicted molar refractivity (Wildman–Crippen MR) is 89.4 cm³/mol. The molecule has 0 amide bonds. The van der Waals surface area contributed by atoms with Gasteiger partial charge in [0.1, 0.15) is 0 Å². The summed E-state index contributed by atoms with van der Waals surface area (Å²) in [6.07, 6.45) is 5.26. The van der Waals surface area contributed by atoms with E-state index >= 15 is 0 Å². The number of hydrogen-bond acceptors (Lipinski definition) is 2. The van der Waals surface area contributed by atoms with Gasteiger partial charge in [-0.05, 0) is 54.9 Å². The lowest BCUT2D eigenvalue weighted by molar-refractivity contribution is 0.205. The number of hydrogen-bond donors (Lipinski definition) is 1. The van der Waals surface area contributed by atoms with Crippen molar-refractivity contribution in [3.8, 4) is 0 Å². The van der Waals surface area contributed by atoms with Crippen molar-refractivity contribution in [3.05, 3.63) is 35.4 Å². The Morgan fingerprint density at radius 2 is 2.00 bits per heavy atom. The lowest BCUT2D eigenvalue weighted by atomic mass is 9.70. The first-order valence-corrected chi connectivity index (χ1v) is 8.94. The van der Waals surface area contributed by atoms with E-state index in [0.717, 1.165) is 6.54 Å². The van der Waals surface area contributed by atoms with Crippen LogP contribution < -0.4 is 5.32 Å². The molecule has 2 heteroatoms. The molecule has 0 bridgehead atoms. The monoisotopic (exact) mass is 289 g/mol. The number of thioether (sulfide) groups is 1. The van der Waals surface area contributed by atoms with Crippen LogP contribution in [0.3, 0.4) is 0 Å². The zero-order valence-corrected chi connectivity index (χ0v) is 13.9. The van der Waals surface area contributed by atoms with Crippen molar-refractivity contribution in [1.82, 2.24) is 5.32 Å². The summed E-state index contributed by atoms with van der Waals surface area (Å²) in [7, 11) is 0. The van der Waals surface area contributed by atoms with Crippen molar-refractivity contribution in [2.75, 3.05) is 12.3 Å². The molecule has 1 saturated heterocycles. The molecule has 1 heterocycles. The highest BCUT2D eigenvalue weighted by molar-refractivity contribution is 8.00. The summed E-state index contributed by atoms with van der Waals surface area (Å²) in [5.74, 6) is 1.34. The summed E-state index contributed by atoms with van der Waals surface area (Å²) in [5.41, 5.74) is 3.44. The summed E-state index contributed by atoms with van der Waals surface area (Å²) in [6.45, 7) is 8.41. The van der Waals surface area contributed by atoms with Crippen LogP contribution in [0.4, 0.5) is 0 Å². The minimum atomic E-state index is 0.355. The van der Waals surface area contributed by atoms with Crippen LogP contribution in [0.25, 0.3) is 0 Å². The Balaban J connectivity index is 1.79. The fraction of sp³-hybridized carbons (Fsp3) is 0.667. The first kappa shape index (κ1) is 14.5. The highest BCUT2D eigenvalue weighted by atomic mass is 32.2. The molecule has 1 N–H and O–H groups in total. The van der Waals surface area contributed by atoms with Gasteiger partial charge < -0.3 is 5.32 Å². The number of benzene rings is 1. The third kappa shape index (κ3) is 2.78. The summed E-state index contributed by atoms with van der Waals surface area (Å²) in [4.78, 5) is 0. The largest absolute Gasteiger partial charge is 0.308 e. The smallest absolute Gasteiger partial charge is 0.0375 e. The minimum absolute atomic E-state index is 0.355. The van der Waals surface area contributed by atoms with Crippen LogP contribution in [0.15, 0.2) is 24.3 Å². The molecule has 1 aliphatic heterocycles. The van der Waals surface area contributed by atoms with Gasteiger partial charge in [-0.1, -0.05) is 38.1 Å². The van der Waals surface area contributed by atoms with Crippen LogP contribution in [-0.4, -0.2) is 17.0 Å². The van der Waals surface area contributed by atoms with Crippen LogP contribution >= 0.6 is 11.8 Å². The maximum atomic E-state index is 3.93. The molecule has 2 aliphatic rings. The standard InChI is InChI=1S/C18H27NS/c1-17(2)11-9-14-7-4-5-8-15(14)16(17)19-13-18(3)10-6-12-20-18/h4-5,7-8,16,19H,6,9-13H2,1-3H3. The third-order valence-corrected chi connectivity index (χ3v) is 6.71. The summed E-state index contributed by atoms with van der Waals surface area (Å²) in [6, 6.07) is 9.53. The molecule has 110 valence electrons. The predicted octanol–water partition coefficient (Wildman–Crippen LogP) is 4.58. The van der Waals surface area contributed by atoms with E-state index in [1.807, 2.05) is 0 Å². The van der Waals surface area contributed by atoms with E-state index in [-0.39, 0.29) is 0 Å². The molecule has 0 saturated carbocycles. The molecule has 3 rings (SSSR count). The molecule has 1 fully saturated rings. The van der Waals surface area contributed by atoms with E-state index < -0.39 is 0 Å². The molecular formula is C18H27NS. The fourth-order valence-electron chi connectivity index (χ4n) is 3.75. The average Bonchev–Trinajstić information content (AvgIpc) is 2.84. The highest BCUT2D eigenvalue weighted by Gasteiger charge is 2.37. The van der Waals surface area contributed by atoms with E-state index in [1.54, 1.807) is 5.56 Å². The molecular weight excluding hydrogens is 262 g/mol. The molecule has 1 aliphatic carbocycles. The van der Waals surface area contributed by atoms with E-state index in [0.29, 0.717) is 16.2 Å². The average molecular weight is 289 g/mol. The van der Waals surface area contributed by atoms with E-state index in [4.69, 9.17) is 0 Å². The topological polar surface area (TPSA) is 12.0 Å². The van der Waals surface area contributed by atoms with E-state index in [9.17, 15) is 0 Å². The molecule has 1 aromatic carbocycles. The van der Waals surface area contributed by atoms with Crippen molar-refractivity contribution in [3.63, 3.8) is 0 Å². The SMILES string of the molecule is CC1(CNC2c3ccccc3CCC2(C)C)CCCS1. The summed E-state index contributed by atoms with van der Waals surface area (Å²) >= 11 is 2.15. The number of fused-ring (bicyclic) bond motifs is 1. The quantitative estimate of drug-likeness (QED) is 0.874. The normalized spacial score (nSPS) is 32.0. The van der Waals surface area contributed by atoms with Crippen molar-refractivity contribution in [2.24, 2.45) is 5.41 Å². The lowest BCUT2D eigenvalue weighted by Crippen LogP contribution is -2.43. The van der Waals surface area contributed by atoms with E-state index in [2.05, 4.69) is 62.1 Å². The minimum Gasteiger partial charge on any atom is -0.308 e. The van der Waals surface area contributed by atoms with Crippen molar-refractivity contribution in [2.45, 2.75) is 57.2 Å². The molecule has 2 atom stereocenters. The molecule has 20 heavy (non-hydrogen) atoms. The van der Waals surface area contributed by atoms with Gasteiger partial charge in [0.15, 0.2) is 0 Å². The lowest BCUT2D eigenvalue weighted by Gasteiger charge is -2.42. The van der Waals surface area contributed by atoms with Crippen molar-refractivity contribution < 1.29 is 0 Å². The maximum Gasteiger partial charge on any atom is 0.0375 e. The second-order valence-electron chi connectivity index (χ2n) is 7.40. The van der Waals surface area contributed by atoms with Gasteiger partial charge in [0.25, 0.3) is 0 Å². The van der Waals surface area contributed by atoms with Crippen LogP contribution in [-0.2, 0) is 6.42 Å². The Morgan fingerprint density at radius 1 is 1.20 bits per heavy atom. The molecule has 1 aromatic rings. The second-order valence-corrected chi connectivity index (χ2v) is 9.09. The Hall–Kier alpha value is -0.470. The van der Waals surface area contributed by atoms with Gasteiger partial charge in [0.05, 0.1) is 0 Å². The Labute approximate surface area is 127 Å². The van der Waals surface area contributed by atoms with Crippen LogP contribution in [0, 0.1) is 5.41 Å². The van der Waals surface area contributed by atoms with Gasteiger partial charge in [-0.2, -0.15) is 11.8 Å². The second kappa shape index (κ2) is 5.38. The fourth-order valence-corrected chi connectivity index (χ4v) is 5.00. The van der Waals surface area contributed by atoms with Gasteiger partial charge in [0, 0.05) is 17.3 Å². The maximum absolute atomic E-state index is 3.93. The third-order valence-electron chi connectivity index (χ3n) is 5.17. The zero-order chi connectivity index (χ0) is 14.2. The first-order chi connectivity index (χ1) is 9.50. The van der Waals surface area contributed by atoms with E-state index in [1.165, 1.54) is 37.0 Å². The van der Waals surface area contributed by atoms with Gasteiger partial charge in [0.2, 0.25) is 0 Å². The number of aryl methyl sites for hydroxylation is 1. The molecule has 2 unspecified atom stereocenters. The Kier molecular flexibility index (Phi) is 3.89. The number of nitrogens with one attached hydrogen (secondary N) is 1. The van der Waals surface area contributed by atoms with Gasteiger partial charge in [-0.25, -0.2) is 0 Å². The van der Waals surface area contributed by atoms with Gasteiger partial charge >= 0.3 is 0 Å².